The molecule has 0 N–H and O–H groups in total. The second-order valence-corrected chi connectivity index (χ2v) is 8.82. The molecule has 0 bridgehead atoms. The molecule has 4 nitrogen and oxygen atoms in total. The van der Waals surface area contributed by atoms with Gasteiger partial charge in [0.2, 0.25) is 0 Å². The third kappa shape index (κ3) is 5.53. The van der Waals surface area contributed by atoms with Crippen LogP contribution in [-0.4, -0.2) is 32.9 Å². The zero-order valence-electron chi connectivity index (χ0n) is 18.5. The largest absolute Gasteiger partial charge is 0.482 e. The Hall–Kier alpha value is -1.55. The molecule has 29 heavy (non-hydrogen) atoms. The number of rotatable bonds is 11. The summed E-state index contributed by atoms with van der Waals surface area (Å²) in [5.41, 5.74) is 2.67. The van der Waals surface area contributed by atoms with E-state index in [0.29, 0.717) is 23.9 Å². The van der Waals surface area contributed by atoms with Crippen LogP contribution in [0, 0.1) is 17.8 Å². The Morgan fingerprint density at radius 1 is 1.07 bits per heavy atom. The standard InChI is InChI=1S/C25H38O4/c1-4-5-6-7-8-9-12-20-21-14-18-11-10-13-23(29-17-25(26)28-3)22(18)15-19(21)16-24(20)27-2/h10-11,13,19-21,24H,4-9,12,14-17H2,1-3H3/t19?,20?,21?,24-/m1/s1. The van der Waals surface area contributed by atoms with Crippen molar-refractivity contribution in [3.63, 3.8) is 0 Å². The minimum absolute atomic E-state index is 0.0254. The first kappa shape index (κ1) is 22.1. The number of esters is 1. The lowest BCUT2D eigenvalue weighted by Crippen LogP contribution is -2.27. The van der Waals surface area contributed by atoms with E-state index in [-0.39, 0.29) is 12.6 Å². The van der Waals surface area contributed by atoms with Crippen LogP contribution >= 0.6 is 0 Å². The second-order valence-electron chi connectivity index (χ2n) is 8.82. The van der Waals surface area contributed by atoms with Gasteiger partial charge in [-0.1, -0.05) is 57.6 Å². The number of hydrogen-bond donors (Lipinski definition) is 0. The van der Waals surface area contributed by atoms with Crippen molar-refractivity contribution in [3.8, 4) is 5.75 Å². The van der Waals surface area contributed by atoms with E-state index in [0.717, 1.165) is 25.0 Å². The molecule has 3 rings (SSSR count). The van der Waals surface area contributed by atoms with Gasteiger partial charge in [0.1, 0.15) is 5.75 Å². The Kier molecular flexibility index (Phi) is 8.40. The first-order chi connectivity index (χ1) is 14.2. The highest BCUT2D eigenvalue weighted by Gasteiger charge is 2.45. The number of carbonyl (C=O) groups excluding carboxylic acids is 1. The minimum Gasteiger partial charge on any atom is -0.482 e. The molecule has 3 unspecified atom stereocenters. The van der Waals surface area contributed by atoms with E-state index in [2.05, 4.69) is 19.1 Å². The van der Waals surface area contributed by atoms with Gasteiger partial charge in [-0.3, -0.25) is 0 Å². The van der Waals surface area contributed by atoms with Gasteiger partial charge in [0, 0.05) is 7.11 Å². The van der Waals surface area contributed by atoms with Gasteiger partial charge in [0.05, 0.1) is 13.2 Å². The molecular formula is C25H38O4. The Balaban J connectivity index is 1.63. The normalized spacial score (nSPS) is 25.3. The van der Waals surface area contributed by atoms with E-state index in [4.69, 9.17) is 14.2 Å². The predicted octanol–water partition coefficient (Wildman–Crippen LogP) is 5.35. The smallest absolute Gasteiger partial charge is 0.343 e. The number of hydrogen-bond acceptors (Lipinski definition) is 4. The maximum atomic E-state index is 11.5. The molecule has 162 valence electrons. The van der Waals surface area contributed by atoms with Gasteiger partial charge in [-0.05, 0) is 60.6 Å². The molecule has 0 aliphatic heterocycles. The molecule has 0 heterocycles. The average Bonchev–Trinajstić information content (AvgIpc) is 3.09. The summed E-state index contributed by atoms with van der Waals surface area (Å²) >= 11 is 0. The zero-order valence-corrected chi connectivity index (χ0v) is 18.5. The molecule has 2 aliphatic rings. The molecule has 0 amide bonds. The van der Waals surface area contributed by atoms with Crippen LogP contribution in [0.25, 0.3) is 0 Å². The van der Waals surface area contributed by atoms with Crippen LogP contribution < -0.4 is 4.74 Å². The van der Waals surface area contributed by atoms with Crippen LogP contribution in [-0.2, 0) is 27.1 Å². The number of methoxy groups -OCH3 is 2. The Bertz CT molecular complexity index is 656. The predicted molar refractivity (Wildman–Crippen MR) is 115 cm³/mol. The highest BCUT2D eigenvalue weighted by atomic mass is 16.6. The Morgan fingerprint density at radius 2 is 1.86 bits per heavy atom. The minimum atomic E-state index is -0.337. The molecule has 4 atom stereocenters. The third-order valence-corrected chi connectivity index (χ3v) is 7.09. The summed E-state index contributed by atoms with van der Waals surface area (Å²) in [6.45, 7) is 2.25. The van der Waals surface area contributed by atoms with Gasteiger partial charge < -0.3 is 14.2 Å². The number of benzene rings is 1. The molecule has 0 aromatic heterocycles. The molecular weight excluding hydrogens is 364 g/mol. The van der Waals surface area contributed by atoms with Gasteiger partial charge in [0.15, 0.2) is 6.61 Å². The number of carbonyl (C=O) groups is 1. The number of unbranched alkanes of at least 4 members (excludes halogenated alkanes) is 5. The van der Waals surface area contributed by atoms with E-state index in [9.17, 15) is 4.79 Å². The van der Waals surface area contributed by atoms with Crippen LogP contribution in [0.5, 0.6) is 5.75 Å². The van der Waals surface area contributed by atoms with Crippen molar-refractivity contribution >= 4 is 5.97 Å². The van der Waals surface area contributed by atoms with Crippen molar-refractivity contribution in [3.05, 3.63) is 29.3 Å². The van der Waals surface area contributed by atoms with Crippen LogP contribution in [0.15, 0.2) is 18.2 Å². The van der Waals surface area contributed by atoms with Crippen LogP contribution in [0.1, 0.15) is 69.4 Å². The summed E-state index contributed by atoms with van der Waals surface area (Å²) in [5.74, 6) is 2.54. The lowest BCUT2D eigenvalue weighted by Gasteiger charge is -2.32. The fraction of sp³-hybridized carbons (Fsp3) is 0.720. The van der Waals surface area contributed by atoms with Gasteiger partial charge in [-0.25, -0.2) is 4.79 Å². The van der Waals surface area contributed by atoms with Gasteiger partial charge in [-0.15, -0.1) is 0 Å². The molecule has 1 fully saturated rings. The molecule has 0 radical (unpaired) electrons. The van der Waals surface area contributed by atoms with E-state index in [1.165, 1.54) is 63.2 Å². The monoisotopic (exact) mass is 402 g/mol. The van der Waals surface area contributed by atoms with Crippen LogP contribution in [0.2, 0.25) is 0 Å². The van der Waals surface area contributed by atoms with E-state index in [1.54, 1.807) is 0 Å². The lowest BCUT2D eigenvalue weighted by molar-refractivity contribution is -0.142. The van der Waals surface area contributed by atoms with Crippen LogP contribution in [0.3, 0.4) is 0 Å². The molecule has 0 spiro atoms. The summed E-state index contributed by atoms with van der Waals surface area (Å²) in [6.07, 6.45) is 13.1. The summed E-state index contributed by atoms with van der Waals surface area (Å²) < 4.78 is 16.4. The maximum Gasteiger partial charge on any atom is 0.343 e. The highest BCUT2D eigenvalue weighted by molar-refractivity contribution is 5.71. The van der Waals surface area contributed by atoms with Gasteiger partial charge in [0.25, 0.3) is 0 Å². The van der Waals surface area contributed by atoms with Crippen molar-refractivity contribution in [1.29, 1.82) is 0 Å². The third-order valence-electron chi connectivity index (χ3n) is 7.09. The summed E-state index contributed by atoms with van der Waals surface area (Å²) in [7, 11) is 3.28. The average molecular weight is 403 g/mol. The van der Waals surface area contributed by atoms with Crippen molar-refractivity contribution < 1.29 is 19.0 Å². The van der Waals surface area contributed by atoms with Gasteiger partial charge in [-0.2, -0.15) is 0 Å². The fourth-order valence-electron chi connectivity index (χ4n) is 5.54. The van der Waals surface area contributed by atoms with Crippen molar-refractivity contribution in [2.75, 3.05) is 20.8 Å². The van der Waals surface area contributed by atoms with E-state index >= 15 is 0 Å². The molecule has 2 aliphatic carbocycles. The highest BCUT2D eigenvalue weighted by Crippen LogP contribution is 2.49. The Labute approximate surface area is 176 Å². The van der Waals surface area contributed by atoms with Crippen LogP contribution in [0.4, 0.5) is 0 Å². The summed E-state index contributed by atoms with van der Waals surface area (Å²) in [4.78, 5) is 11.5. The quantitative estimate of drug-likeness (QED) is 0.369. The summed E-state index contributed by atoms with van der Waals surface area (Å²) in [5, 5.41) is 0. The Morgan fingerprint density at radius 3 is 2.62 bits per heavy atom. The molecule has 4 heteroatoms. The number of fused-ring (bicyclic) bond motifs is 2. The SMILES string of the molecule is CCCCCCCCC1C2Cc3cccc(OCC(=O)OC)c3CC2C[C@H]1OC. The van der Waals surface area contributed by atoms with Gasteiger partial charge >= 0.3 is 5.97 Å². The van der Waals surface area contributed by atoms with Crippen molar-refractivity contribution in [2.24, 2.45) is 17.8 Å². The topological polar surface area (TPSA) is 44.8 Å². The molecule has 1 aromatic rings. The summed E-state index contributed by atoms with van der Waals surface area (Å²) in [6, 6.07) is 6.27. The van der Waals surface area contributed by atoms with E-state index in [1.807, 2.05) is 13.2 Å². The molecule has 1 aromatic carbocycles. The number of ether oxygens (including phenoxy) is 3. The molecule has 0 saturated heterocycles. The maximum absolute atomic E-state index is 11.5. The first-order valence-electron chi connectivity index (χ1n) is 11.5. The first-order valence-corrected chi connectivity index (χ1v) is 11.5. The molecule has 1 saturated carbocycles. The van der Waals surface area contributed by atoms with Crippen molar-refractivity contribution in [2.45, 2.75) is 77.2 Å². The zero-order chi connectivity index (χ0) is 20.6. The van der Waals surface area contributed by atoms with E-state index < -0.39 is 0 Å². The lowest BCUT2D eigenvalue weighted by atomic mass is 9.73. The van der Waals surface area contributed by atoms with Crippen molar-refractivity contribution in [1.82, 2.24) is 0 Å². The second kappa shape index (κ2) is 11.0. The fourth-order valence-corrected chi connectivity index (χ4v) is 5.54.